The minimum atomic E-state index is -0.931. The number of amidine groups is 1. The van der Waals surface area contributed by atoms with Crippen molar-refractivity contribution in [2.45, 2.75) is 6.54 Å². The van der Waals surface area contributed by atoms with E-state index >= 15 is 0 Å². The summed E-state index contributed by atoms with van der Waals surface area (Å²) in [5.74, 6) is -1.51. The number of aliphatic imine (C=N–C) groups is 1. The molecular formula is C15H8F2N2O. The second-order valence-electron chi connectivity index (χ2n) is 4.77. The highest BCUT2D eigenvalue weighted by Crippen LogP contribution is 2.34. The summed E-state index contributed by atoms with van der Waals surface area (Å²) in [6.07, 6.45) is 0. The molecule has 0 saturated heterocycles. The summed E-state index contributed by atoms with van der Waals surface area (Å²) in [7, 11) is 0. The molecule has 20 heavy (non-hydrogen) atoms. The van der Waals surface area contributed by atoms with Gasteiger partial charge in [0.1, 0.15) is 5.84 Å². The molecule has 2 heterocycles. The highest BCUT2D eigenvalue weighted by atomic mass is 19.2. The van der Waals surface area contributed by atoms with Gasteiger partial charge < -0.3 is 0 Å². The van der Waals surface area contributed by atoms with Crippen LogP contribution in [0.25, 0.3) is 0 Å². The summed E-state index contributed by atoms with van der Waals surface area (Å²) in [6, 6.07) is 9.30. The topological polar surface area (TPSA) is 32.7 Å². The Morgan fingerprint density at radius 3 is 2.55 bits per heavy atom. The number of hydrogen-bond acceptors (Lipinski definition) is 2. The van der Waals surface area contributed by atoms with Gasteiger partial charge in [0.05, 0.1) is 17.8 Å². The molecular weight excluding hydrogens is 262 g/mol. The summed E-state index contributed by atoms with van der Waals surface area (Å²) in [5, 5.41) is 0. The van der Waals surface area contributed by atoms with E-state index in [-0.39, 0.29) is 12.5 Å². The van der Waals surface area contributed by atoms with Gasteiger partial charge in [-0.1, -0.05) is 18.2 Å². The maximum atomic E-state index is 13.3. The zero-order chi connectivity index (χ0) is 13.9. The van der Waals surface area contributed by atoms with E-state index in [9.17, 15) is 13.6 Å². The molecule has 0 spiro atoms. The van der Waals surface area contributed by atoms with E-state index in [1.807, 2.05) is 6.07 Å². The SMILES string of the molecule is O=C1c2ccccc2C2=Nc3cc(F)c(F)cc3CN12. The number of carbonyl (C=O) groups is 1. The van der Waals surface area contributed by atoms with E-state index in [1.54, 1.807) is 18.2 Å². The molecule has 0 fully saturated rings. The maximum Gasteiger partial charge on any atom is 0.260 e. The number of nitrogens with zero attached hydrogens (tertiary/aromatic N) is 2. The fourth-order valence-corrected chi connectivity index (χ4v) is 2.61. The van der Waals surface area contributed by atoms with E-state index < -0.39 is 11.6 Å². The second kappa shape index (κ2) is 3.72. The van der Waals surface area contributed by atoms with E-state index in [0.29, 0.717) is 22.6 Å². The molecule has 98 valence electrons. The summed E-state index contributed by atoms with van der Waals surface area (Å²) in [5.41, 5.74) is 2.18. The lowest BCUT2D eigenvalue weighted by atomic mass is 10.1. The Morgan fingerprint density at radius 1 is 1.05 bits per heavy atom. The van der Waals surface area contributed by atoms with Crippen molar-refractivity contribution < 1.29 is 13.6 Å². The Hall–Kier alpha value is -2.56. The third-order valence-corrected chi connectivity index (χ3v) is 3.58. The van der Waals surface area contributed by atoms with Crippen LogP contribution in [0.4, 0.5) is 14.5 Å². The smallest absolute Gasteiger partial charge is 0.260 e. The van der Waals surface area contributed by atoms with Crippen LogP contribution in [0.3, 0.4) is 0 Å². The predicted molar refractivity (Wildman–Crippen MR) is 68.9 cm³/mol. The minimum Gasteiger partial charge on any atom is -0.288 e. The average Bonchev–Trinajstić information content (AvgIpc) is 2.72. The van der Waals surface area contributed by atoms with Crippen LogP contribution in [-0.2, 0) is 6.54 Å². The first kappa shape index (κ1) is 11.3. The lowest BCUT2D eigenvalue weighted by Gasteiger charge is -2.23. The van der Waals surface area contributed by atoms with Gasteiger partial charge in [0.15, 0.2) is 11.6 Å². The van der Waals surface area contributed by atoms with Crippen molar-refractivity contribution in [1.29, 1.82) is 0 Å². The molecule has 2 aliphatic rings. The average molecular weight is 270 g/mol. The highest BCUT2D eigenvalue weighted by Gasteiger charge is 2.36. The zero-order valence-corrected chi connectivity index (χ0v) is 10.2. The Balaban J connectivity index is 1.94. The standard InChI is InChI=1S/C15H8F2N2O/c16-11-5-8-7-19-14(18-13(8)6-12(11)17)9-3-1-2-4-10(9)15(19)20/h1-6H,7H2. The van der Waals surface area contributed by atoms with Crippen LogP contribution in [0.1, 0.15) is 21.5 Å². The monoisotopic (exact) mass is 270 g/mol. The van der Waals surface area contributed by atoms with Crippen molar-refractivity contribution in [2.75, 3.05) is 0 Å². The molecule has 2 aromatic carbocycles. The maximum absolute atomic E-state index is 13.3. The second-order valence-corrected chi connectivity index (χ2v) is 4.77. The number of halogens is 2. The fourth-order valence-electron chi connectivity index (χ4n) is 2.61. The summed E-state index contributed by atoms with van der Waals surface area (Å²) in [6.45, 7) is 0.207. The molecule has 5 heteroatoms. The largest absolute Gasteiger partial charge is 0.288 e. The molecule has 2 aliphatic heterocycles. The van der Waals surface area contributed by atoms with Crippen molar-refractivity contribution in [2.24, 2.45) is 4.99 Å². The van der Waals surface area contributed by atoms with Gasteiger partial charge in [-0.3, -0.25) is 9.69 Å². The van der Waals surface area contributed by atoms with Crippen molar-refractivity contribution in [3.05, 3.63) is 64.7 Å². The summed E-state index contributed by atoms with van der Waals surface area (Å²) >= 11 is 0. The summed E-state index contributed by atoms with van der Waals surface area (Å²) in [4.78, 5) is 18.1. The molecule has 2 aromatic rings. The first-order valence-electron chi connectivity index (χ1n) is 6.13. The van der Waals surface area contributed by atoms with Crippen LogP contribution in [0.5, 0.6) is 0 Å². The molecule has 0 atom stereocenters. The van der Waals surface area contributed by atoms with Crippen LogP contribution in [-0.4, -0.2) is 16.6 Å². The van der Waals surface area contributed by atoms with Gasteiger partial charge in [0, 0.05) is 17.2 Å². The fraction of sp³-hybridized carbons (Fsp3) is 0.0667. The minimum absolute atomic E-state index is 0.158. The van der Waals surface area contributed by atoms with Gasteiger partial charge in [0.25, 0.3) is 5.91 Å². The van der Waals surface area contributed by atoms with Crippen LogP contribution in [0.15, 0.2) is 41.4 Å². The zero-order valence-electron chi connectivity index (χ0n) is 10.2. The first-order valence-corrected chi connectivity index (χ1v) is 6.13. The molecule has 0 N–H and O–H groups in total. The molecule has 0 aliphatic carbocycles. The van der Waals surface area contributed by atoms with Crippen molar-refractivity contribution >= 4 is 17.4 Å². The van der Waals surface area contributed by atoms with Crippen LogP contribution in [0.2, 0.25) is 0 Å². The number of amides is 1. The highest BCUT2D eigenvalue weighted by molar-refractivity contribution is 6.24. The van der Waals surface area contributed by atoms with Gasteiger partial charge in [-0.25, -0.2) is 13.8 Å². The quantitative estimate of drug-likeness (QED) is 0.724. The molecule has 0 aromatic heterocycles. The van der Waals surface area contributed by atoms with Crippen molar-refractivity contribution in [3.63, 3.8) is 0 Å². The number of benzene rings is 2. The van der Waals surface area contributed by atoms with E-state index in [2.05, 4.69) is 4.99 Å². The third kappa shape index (κ3) is 1.37. The van der Waals surface area contributed by atoms with Crippen molar-refractivity contribution in [3.8, 4) is 0 Å². The van der Waals surface area contributed by atoms with Gasteiger partial charge in [-0.15, -0.1) is 0 Å². The number of hydrogen-bond donors (Lipinski definition) is 0. The molecule has 1 amide bonds. The van der Waals surface area contributed by atoms with Crippen LogP contribution in [0, 0.1) is 11.6 Å². The normalized spacial score (nSPS) is 15.6. The lowest BCUT2D eigenvalue weighted by Crippen LogP contribution is -2.32. The molecule has 0 saturated carbocycles. The Labute approximate surface area is 113 Å². The Kier molecular flexibility index (Phi) is 2.10. The van der Waals surface area contributed by atoms with Crippen LogP contribution < -0.4 is 0 Å². The van der Waals surface area contributed by atoms with Crippen molar-refractivity contribution in [1.82, 2.24) is 4.90 Å². The lowest BCUT2D eigenvalue weighted by molar-refractivity contribution is 0.0851. The first-order chi connectivity index (χ1) is 9.65. The number of fused-ring (bicyclic) bond motifs is 4. The molecule has 4 rings (SSSR count). The Bertz CT molecular complexity index is 798. The van der Waals surface area contributed by atoms with Gasteiger partial charge in [-0.2, -0.15) is 0 Å². The van der Waals surface area contributed by atoms with Crippen LogP contribution >= 0.6 is 0 Å². The third-order valence-electron chi connectivity index (χ3n) is 3.58. The predicted octanol–water partition coefficient (Wildman–Crippen LogP) is 3.01. The summed E-state index contributed by atoms with van der Waals surface area (Å²) < 4.78 is 26.6. The van der Waals surface area contributed by atoms with Gasteiger partial charge in [0.2, 0.25) is 0 Å². The Morgan fingerprint density at radius 2 is 1.75 bits per heavy atom. The number of carbonyl (C=O) groups excluding carboxylic acids is 1. The van der Waals surface area contributed by atoms with Gasteiger partial charge in [-0.05, 0) is 12.1 Å². The number of rotatable bonds is 0. The molecule has 0 unspecified atom stereocenters. The molecule has 0 bridgehead atoms. The van der Waals surface area contributed by atoms with E-state index in [1.165, 1.54) is 4.90 Å². The molecule has 3 nitrogen and oxygen atoms in total. The molecule has 0 radical (unpaired) electrons. The van der Waals surface area contributed by atoms with Gasteiger partial charge >= 0.3 is 0 Å². The van der Waals surface area contributed by atoms with E-state index in [4.69, 9.17) is 0 Å². The van der Waals surface area contributed by atoms with E-state index in [0.717, 1.165) is 17.7 Å².